The van der Waals surface area contributed by atoms with E-state index in [9.17, 15) is 0 Å². The van der Waals surface area contributed by atoms with E-state index >= 15 is 0 Å². The summed E-state index contributed by atoms with van der Waals surface area (Å²) < 4.78 is 4.92. The molecule has 0 saturated carbocycles. The van der Waals surface area contributed by atoms with Crippen molar-refractivity contribution in [2.75, 3.05) is 0 Å². The van der Waals surface area contributed by atoms with Crippen LogP contribution in [-0.2, 0) is 13.5 Å². The van der Waals surface area contributed by atoms with Crippen LogP contribution >= 0.6 is 15.9 Å². The van der Waals surface area contributed by atoms with Crippen molar-refractivity contribution >= 4 is 15.9 Å². The summed E-state index contributed by atoms with van der Waals surface area (Å²) in [5.41, 5.74) is 11.1. The number of aromatic nitrogens is 4. The molecular formula is C15H24BrN5. The van der Waals surface area contributed by atoms with Crippen molar-refractivity contribution in [3.63, 3.8) is 0 Å². The quantitative estimate of drug-likeness (QED) is 0.897. The second-order valence-electron chi connectivity index (χ2n) is 5.83. The molecule has 2 aromatic heterocycles. The molecule has 0 aliphatic rings. The van der Waals surface area contributed by atoms with Crippen LogP contribution < -0.4 is 5.73 Å². The van der Waals surface area contributed by atoms with Crippen molar-refractivity contribution in [1.29, 1.82) is 0 Å². The van der Waals surface area contributed by atoms with Gasteiger partial charge in [0.05, 0.1) is 22.1 Å². The SMILES string of the molecule is Cc1nn(C)c(C)c1CCC(N)c1c(Br)cnn1C(C)C. The first-order valence-corrected chi connectivity index (χ1v) is 8.09. The van der Waals surface area contributed by atoms with E-state index < -0.39 is 0 Å². The van der Waals surface area contributed by atoms with Gasteiger partial charge in [-0.3, -0.25) is 9.36 Å². The Balaban J connectivity index is 2.15. The Hall–Kier alpha value is -1.14. The van der Waals surface area contributed by atoms with Crippen molar-refractivity contribution in [3.05, 3.63) is 33.3 Å². The maximum atomic E-state index is 6.42. The largest absolute Gasteiger partial charge is 0.323 e. The van der Waals surface area contributed by atoms with Crippen LogP contribution in [0.1, 0.15) is 55.0 Å². The smallest absolute Gasteiger partial charge is 0.0696 e. The normalized spacial score (nSPS) is 13.1. The highest BCUT2D eigenvalue weighted by Gasteiger charge is 2.19. The van der Waals surface area contributed by atoms with Gasteiger partial charge in [-0.15, -0.1) is 0 Å². The standard InChI is InChI=1S/C15H24BrN5/c1-9(2)21-15(13(16)8-18-21)14(17)7-6-12-10(3)19-20(5)11(12)4/h8-9,14H,6-7,17H2,1-5H3. The zero-order valence-corrected chi connectivity index (χ0v) is 15.0. The van der Waals surface area contributed by atoms with Crippen LogP contribution in [0.15, 0.2) is 10.7 Å². The lowest BCUT2D eigenvalue weighted by Crippen LogP contribution is -2.19. The Morgan fingerprint density at radius 1 is 1.33 bits per heavy atom. The number of halogens is 1. The monoisotopic (exact) mass is 353 g/mol. The molecule has 0 radical (unpaired) electrons. The lowest BCUT2D eigenvalue weighted by atomic mass is 10.0. The summed E-state index contributed by atoms with van der Waals surface area (Å²) in [6.45, 7) is 8.40. The summed E-state index contributed by atoms with van der Waals surface area (Å²) in [5, 5.41) is 8.87. The zero-order chi connectivity index (χ0) is 15.7. The van der Waals surface area contributed by atoms with Crippen LogP contribution in [0, 0.1) is 13.8 Å². The Kier molecular flexibility index (Phi) is 4.88. The first kappa shape index (κ1) is 16.2. The van der Waals surface area contributed by atoms with Gasteiger partial charge >= 0.3 is 0 Å². The first-order chi connectivity index (χ1) is 9.82. The molecule has 5 nitrogen and oxygen atoms in total. The fourth-order valence-electron chi connectivity index (χ4n) is 2.73. The number of hydrogen-bond acceptors (Lipinski definition) is 3. The third-order valence-corrected chi connectivity index (χ3v) is 4.60. The highest BCUT2D eigenvalue weighted by molar-refractivity contribution is 9.10. The Morgan fingerprint density at radius 3 is 2.52 bits per heavy atom. The van der Waals surface area contributed by atoms with Gasteiger partial charge in [0.15, 0.2) is 0 Å². The molecule has 2 aromatic rings. The summed E-state index contributed by atoms with van der Waals surface area (Å²) in [5.74, 6) is 0. The lowest BCUT2D eigenvalue weighted by molar-refractivity contribution is 0.475. The Morgan fingerprint density at radius 2 is 2.00 bits per heavy atom. The molecule has 21 heavy (non-hydrogen) atoms. The van der Waals surface area contributed by atoms with Gasteiger partial charge in [0.2, 0.25) is 0 Å². The average molecular weight is 354 g/mol. The molecule has 2 N–H and O–H groups in total. The van der Waals surface area contributed by atoms with E-state index in [-0.39, 0.29) is 6.04 Å². The minimum absolute atomic E-state index is 0.0386. The molecule has 0 aliphatic heterocycles. The predicted octanol–water partition coefficient (Wildman–Crippen LogP) is 3.21. The maximum absolute atomic E-state index is 6.42. The lowest BCUT2D eigenvalue weighted by Gasteiger charge is -2.17. The fourth-order valence-corrected chi connectivity index (χ4v) is 3.29. The second-order valence-corrected chi connectivity index (χ2v) is 6.69. The molecule has 0 saturated heterocycles. The molecular weight excluding hydrogens is 330 g/mol. The number of nitrogens with zero attached hydrogens (tertiary/aromatic N) is 4. The van der Waals surface area contributed by atoms with Crippen molar-refractivity contribution < 1.29 is 0 Å². The van der Waals surface area contributed by atoms with Gasteiger partial charge in [-0.05, 0) is 62.0 Å². The van der Waals surface area contributed by atoms with Gasteiger partial charge in [-0.25, -0.2) is 0 Å². The molecule has 0 bridgehead atoms. The molecule has 0 fully saturated rings. The van der Waals surface area contributed by atoms with Crippen molar-refractivity contribution in [1.82, 2.24) is 19.6 Å². The highest BCUT2D eigenvalue weighted by atomic mass is 79.9. The Bertz CT molecular complexity index is 626. The average Bonchev–Trinajstić information content (AvgIpc) is 2.90. The van der Waals surface area contributed by atoms with Gasteiger partial charge in [-0.1, -0.05) is 0 Å². The zero-order valence-electron chi connectivity index (χ0n) is 13.4. The molecule has 6 heteroatoms. The predicted molar refractivity (Wildman–Crippen MR) is 88.2 cm³/mol. The first-order valence-electron chi connectivity index (χ1n) is 7.30. The molecule has 2 heterocycles. The third-order valence-electron chi connectivity index (χ3n) is 3.99. The molecule has 1 atom stereocenters. The number of aryl methyl sites for hydroxylation is 2. The number of rotatable bonds is 5. The minimum Gasteiger partial charge on any atom is -0.323 e. The second kappa shape index (κ2) is 6.32. The molecule has 0 amide bonds. The van der Waals surface area contributed by atoms with E-state index in [2.05, 4.69) is 53.8 Å². The summed E-state index contributed by atoms with van der Waals surface area (Å²) >= 11 is 3.57. The van der Waals surface area contributed by atoms with Crippen molar-refractivity contribution in [2.45, 2.75) is 52.6 Å². The van der Waals surface area contributed by atoms with Crippen LogP contribution in [0.4, 0.5) is 0 Å². The van der Waals surface area contributed by atoms with E-state index in [1.807, 2.05) is 22.6 Å². The molecule has 0 aliphatic carbocycles. The van der Waals surface area contributed by atoms with E-state index in [0.29, 0.717) is 6.04 Å². The summed E-state index contributed by atoms with van der Waals surface area (Å²) in [7, 11) is 1.98. The van der Waals surface area contributed by atoms with Gasteiger partial charge in [0.1, 0.15) is 0 Å². The summed E-state index contributed by atoms with van der Waals surface area (Å²) in [6, 6.07) is 0.266. The van der Waals surface area contributed by atoms with Gasteiger partial charge in [-0.2, -0.15) is 10.2 Å². The minimum atomic E-state index is -0.0386. The van der Waals surface area contributed by atoms with Gasteiger partial charge in [0.25, 0.3) is 0 Å². The molecule has 1 unspecified atom stereocenters. The number of nitrogens with two attached hydrogens (primary N) is 1. The Labute approximate surface area is 134 Å². The van der Waals surface area contributed by atoms with Crippen LogP contribution in [0.5, 0.6) is 0 Å². The van der Waals surface area contributed by atoms with Gasteiger partial charge in [0, 0.05) is 24.8 Å². The van der Waals surface area contributed by atoms with E-state index in [0.717, 1.165) is 28.7 Å². The highest BCUT2D eigenvalue weighted by Crippen LogP contribution is 2.28. The third kappa shape index (κ3) is 3.21. The van der Waals surface area contributed by atoms with Crippen LogP contribution in [0.3, 0.4) is 0 Å². The molecule has 116 valence electrons. The number of hydrogen-bond donors (Lipinski definition) is 1. The van der Waals surface area contributed by atoms with Crippen LogP contribution in [-0.4, -0.2) is 19.6 Å². The van der Waals surface area contributed by atoms with Gasteiger partial charge < -0.3 is 5.73 Å². The van der Waals surface area contributed by atoms with E-state index in [1.54, 1.807) is 0 Å². The van der Waals surface area contributed by atoms with Crippen molar-refractivity contribution in [2.24, 2.45) is 12.8 Å². The van der Waals surface area contributed by atoms with Crippen LogP contribution in [0.25, 0.3) is 0 Å². The summed E-state index contributed by atoms with van der Waals surface area (Å²) in [4.78, 5) is 0. The maximum Gasteiger partial charge on any atom is 0.0696 e. The molecule has 2 rings (SSSR count). The van der Waals surface area contributed by atoms with Crippen LogP contribution in [0.2, 0.25) is 0 Å². The topological polar surface area (TPSA) is 61.7 Å². The fraction of sp³-hybridized carbons (Fsp3) is 0.600. The van der Waals surface area contributed by atoms with E-state index in [4.69, 9.17) is 5.73 Å². The molecule has 0 spiro atoms. The molecule has 0 aromatic carbocycles. The summed E-state index contributed by atoms with van der Waals surface area (Å²) in [6.07, 6.45) is 3.64. The van der Waals surface area contributed by atoms with E-state index in [1.165, 1.54) is 11.3 Å². The van der Waals surface area contributed by atoms with Crippen molar-refractivity contribution in [3.8, 4) is 0 Å².